The first-order valence-electron chi connectivity index (χ1n) is 4.97. The second-order valence-corrected chi connectivity index (χ2v) is 3.38. The third kappa shape index (κ3) is 2.34. The van der Waals surface area contributed by atoms with Crippen molar-refractivity contribution in [1.82, 2.24) is 4.98 Å². The molecule has 0 saturated heterocycles. The molecular formula is C12H11NO4. The van der Waals surface area contributed by atoms with Crippen molar-refractivity contribution in [3.8, 4) is 5.75 Å². The molecule has 0 radical (unpaired) electrons. The van der Waals surface area contributed by atoms with Gasteiger partial charge in [0.15, 0.2) is 6.79 Å². The maximum absolute atomic E-state index is 10.8. The van der Waals surface area contributed by atoms with E-state index in [9.17, 15) is 4.79 Å². The Kier molecular flexibility index (Phi) is 3.20. The van der Waals surface area contributed by atoms with E-state index in [4.69, 9.17) is 14.6 Å². The predicted octanol–water partition coefficient (Wildman–Crippen LogP) is 1.92. The van der Waals surface area contributed by atoms with E-state index in [1.165, 1.54) is 13.2 Å². The molecule has 0 atom stereocenters. The Balaban J connectivity index is 2.51. The number of carboxylic acid groups (broad SMARTS) is 1. The predicted molar refractivity (Wildman–Crippen MR) is 61.2 cm³/mol. The molecule has 1 aromatic heterocycles. The zero-order valence-corrected chi connectivity index (χ0v) is 9.21. The van der Waals surface area contributed by atoms with Crippen LogP contribution in [0, 0.1) is 0 Å². The quantitative estimate of drug-likeness (QED) is 0.817. The van der Waals surface area contributed by atoms with Crippen LogP contribution < -0.4 is 4.74 Å². The first-order valence-corrected chi connectivity index (χ1v) is 4.97. The van der Waals surface area contributed by atoms with Crippen LogP contribution in [0.5, 0.6) is 5.75 Å². The second-order valence-electron chi connectivity index (χ2n) is 3.38. The summed E-state index contributed by atoms with van der Waals surface area (Å²) in [5.74, 6) is -0.555. The van der Waals surface area contributed by atoms with Crippen LogP contribution in [0.15, 0.2) is 30.3 Å². The van der Waals surface area contributed by atoms with E-state index in [0.717, 1.165) is 5.39 Å². The Morgan fingerprint density at radius 1 is 1.35 bits per heavy atom. The van der Waals surface area contributed by atoms with Gasteiger partial charge in [0.1, 0.15) is 17.0 Å². The van der Waals surface area contributed by atoms with Gasteiger partial charge in [-0.1, -0.05) is 18.2 Å². The number of rotatable bonds is 4. The Labute approximate surface area is 97.6 Å². The van der Waals surface area contributed by atoms with Gasteiger partial charge in [0.25, 0.3) is 0 Å². The Bertz CT molecular complexity index is 553. The largest absolute Gasteiger partial charge is 0.477 e. The molecule has 2 rings (SSSR count). The first-order chi connectivity index (χ1) is 8.22. The van der Waals surface area contributed by atoms with Crippen molar-refractivity contribution in [3.05, 3.63) is 36.0 Å². The number of carbonyl (C=O) groups is 1. The van der Waals surface area contributed by atoms with Gasteiger partial charge in [-0.15, -0.1) is 0 Å². The molecule has 0 fully saturated rings. The van der Waals surface area contributed by atoms with E-state index >= 15 is 0 Å². The van der Waals surface area contributed by atoms with Gasteiger partial charge in [-0.3, -0.25) is 0 Å². The van der Waals surface area contributed by atoms with Gasteiger partial charge in [0.2, 0.25) is 0 Å². The van der Waals surface area contributed by atoms with Gasteiger partial charge in [-0.05, 0) is 12.1 Å². The molecule has 88 valence electrons. The van der Waals surface area contributed by atoms with Gasteiger partial charge in [0, 0.05) is 12.5 Å². The molecule has 0 unspecified atom stereocenters. The highest BCUT2D eigenvalue weighted by Crippen LogP contribution is 2.23. The van der Waals surface area contributed by atoms with Crippen molar-refractivity contribution in [2.45, 2.75) is 0 Å². The number of pyridine rings is 1. The summed E-state index contributed by atoms with van der Waals surface area (Å²) in [6.45, 7) is 0.0953. The number of fused-ring (bicyclic) bond motifs is 1. The van der Waals surface area contributed by atoms with Crippen LogP contribution in [0.1, 0.15) is 10.5 Å². The second kappa shape index (κ2) is 4.80. The lowest BCUT2D eigenvalue weighted by Gasteiger charge is -2.07. The fraction of sp³-hybridized carbons (Fsp3) is 0.167. The molecule has 0 aliphatic carbocycles. The SMILES string of the molecule is COCOc1cccc2ccc(C(=O)O)nc12. The van der Waals surface area contributed by atoms with Crippen molar-refractivity contribution in [1.29, 1.82) is 0 Å². The van der Waals surface area contributed by atoms with E-state index in [2.05, 4.69) is 4.98 Å². The van der Waals surface area contributed by atoms with Gasteiger partial charge < -0.3 is 14.6 Å². The van der Waals surface area contributed by atoms with E-state index in [0.29, 0.717) is 11.3 Å². The number of ether oxygens (including phenoxy) is 2. The molecule has 0 aliphatic rings. The molecule has 0 amide bonds. The fourth-order valence-corrected chi connectivity index (χ4v) is 1.48. The van der Waals surface area contributed by atoms with Crippen molar-refractivity contribution >= 4 is 16.9 Å². The number of aromatic carboxylic acids is 1. The molecular weight excluding hydrogens is 222 g/mol. The standard InChI is InChI=1S/C12H11NO4/c1-16-7-17-10-4-2-3-8-5-6-9(12(14)15)13-11(8)10/h2-6H,7H2,1H3,(H,14,15). The minimum Gasteiger partial charge on any atom is -0.477 e. The van der Waals surface area contributed by atoms with E-state index in [1.807, 2.05) is 12.1 Å². The summed E-state index contributed by atoms with van der Waals surface area (Å²) >= 11 is 0. The zero-order chi connectivity index (χ0) is 12.3. The molecule has 5 heteroatoms. The first kappa shape index (κ1) is 11.3. The lowest BCUT2D eigenvalue weighted by molar-refractivity contribution is 0.0521. The maximum atomic E-state index is 10.8. The summed E-state index contributed by atoms with van der Waals surface area (Å²) in [4.78, 5) is 14.9. The number of methoxy groups -OCH3 is 1. The average molecular weight is 233 g/mol. The fourth-order valence-electron chi connectivity index (χ4n) is 1.48. The lowest BCUT2D eigenvalue weighted by Crippen LogP contribution is -2.03. The highest BCUT2D eigenvalue weighted by molar-refractivity contribution is 5.91. The molecule has 2 aromatic rings. The average Bonchev–Trinajstić information content (AvgIpc) is 2.35. The number of para-hydroxylation sites is 1. The summed E-state index contributed by atoms with van der Waals surface area (Å²) < 4.78 is 10.1. The number of hydrogen-bond donors (Lipinski definition) is 1. The monoisotopic (exact) mass is 233 g/mol. The Morgan fingerprint density at radius 3 is 2.88 bits per heavy atom. The van der Waals surface area contributed by atoms with E-state index in [-0.39, 0.29) is 12.5 Å². The number of hydrogen-bond acceptors (Lipinski definition) is 4. The van der Waals surface area contributed by atoms with Crippen molar-refractivity contribution in [2.75, 3.05) is 13.9 Å². The summed E-state index contributed by atoms with van der Waals surface area (Å²) in [5.41, 5.74) is 0.510. The van der Waals surface area contributed by atoms with Crippen molar-refractivity contribution in [3.63, 3.8) is 0 Å². The topological polar surface area (TPSA) is 68.7 Å². The zero-order valence-electron chi connectivity index (χ0n) is 9.21. The molecule has 1 N–H and O–H groups in total. The summed E-state index contributed by atoms with van der Waals surface area (Å²) in [6, 6.07) is 8.54. The smallest absolute Gasteiger partial charge is 0.354 e. The van der Waals surface area contributed by atoms with Crippen molar-refractivity contribution < 1.29 is 19.4 Å². The van der Waals surface area contributed by atoms with Crippen LogP contribution in [0.25, 0.3) is 10.9 Å². The van der Waals surface area contributed by atoms with Crippen LogP contribution in [0.3, 0.4) is 0 Å². The van der Waals surface area contributed by atoms with E-state index in [1.54, 1.807) is 12.1 Å². The third-order valence-electron chi connectivity index (χ3n) is 2.23. The molecule has 1 aromatic carbocycles. The van der Waals surface area contributed by atoms with Gasteiger partial charge in [-0.2, -0.15) is 0 Å². The van der Waals surface area contributed by atoms with E-state index < -0.39 is 5.97 Å². The van der Waals surface area contributed by atoms with Crippen LogP contribution in [0.2, 0.25) is 0 Å². The van der Waals surface area contributed by atoms with Gasteiger partial charge in [0.05, 0.1) is 0 Å². The van der Waals surface area contributed by atoms with Crippen LogP contribution in [-0.2, 0) is 4.74 Å². The molecule has 17 heavy (non-hydrogen) atoms. The minimum atomic E-state index is -1.06. The molecule has 0 aliphatic heterocycles. The molecule has 0 saturated carbocycles. The highest BCUT2D eigenvalue weighted by atomic mass is 16.7. The van der Waals surface area contributed by atoms with Gasteiger partial charge >= 0.3 is 5.97 Å². The number of benzene rings is 1. The normalized spacial score (nSPS) is 10.4. The molecule has 1 heterocycles. The molecule has 0 spiro atoms. The van der Waals surface area contributed by atoms with Gasteiger partial charge in [-0.25, -0.2) is 9.78 Å². The maximum Gasteiger partial charge on any atom is 0.354 e. The Hall–Kier alpha value is -2.14. The number of aromatic nitrogens is 1. The summed E-state index contributed by atoms with van der Waals surface area (Å²) in [5, 5.41) is 9.71. The summed E-state index contributed by atoms with van der Waals surface area (Å²) in [7, 11) is 1.52. The Morgan fingerprint density at radius 2 is 2.18 bits per heavy atom. The molecule has 5 nitrogen and oxygen atoms in total. The highest BCUT2D eigenvalue weighted by Gasteiger charge is 2.08. The molecule has 0 bridgehead atoms. The lowest BCUT2D eigenvalue weighted by atomic mass is 10.2. The summed E-state index contributed by atoms with van der Waals surface area (Å²) in [6.07, 6.45) is 0. The van der Waals surface area contributed by atoms with Crippen molar-refractivity contribution in [2.24, 2.45) is 0 Å². The number of carboxylic acids is 1. The van der Waals surface area contributed by atoms with Crippen LogP contribution in [0.4, 0.5) is 0 Å². The minimum absolute atomic E-state index is 0.00836. The number of nitrogens with zero attached hydrogens (tertiary/aromatic N) is 1. The van der Waals surface area contributed by atoms with Crippen LogP contribution >= 0.6 is 0 Å². The third-order valence-corrected chi connectivity index (χ3v) is 2.23. The van der Waals surface area contributed by atoms with Crippen LogP contribution in [-0.4, -0.2) is 30.0 Å².